The largest absolute Gasteiger partial charge is 0.309 e. The fraction of sp³-hybridized carbons (Fsp3) is 0.222. The zero-order valence-electron chi connectivity index (χ0n) is 13.8. The van der Waals surface area contributed by atoms with Gasteiger partial charge in [-0.05, 0) is 38.1 Å². The highest BCUT2D eigenvalue weighted by Crippen LogP contribution is 2.47. The van der Waals surface area contributed by atoms with Crippen LogP contribution in [0.15, 0.2) is 35.4 Å². The molecule has 0 aliphatic carbocycles. The molecule has 6 heteroatoms. The monoisotopic (exact) mass is 356 g/mol. The van der Waals surface area contributed by atoms with Crippen molar-refractivity contribution in [1.82, 2.24) is 9.80 Å². The van der Waals surface area contributed by atoms with Gasteiger partial charge in [-0.15, -0.1) is 22.7 Å². The van der Waals surface area contributed by atoms with E-state index in [0.717, 1.165) is 30.9 Å². The van der Waals surface area contributed by atoms with Crippen LogP contribution in [0.25, 0.3) is 11.4 Å². The molecule has 24 heavy (non-hydrogen) atoms. The predicted octanol–water partition coefficient (Wildman–Crippen LogP) is 3.49. The summed E-state index contributed by atoms with van der Waals surface area (Å²) < 4.78 is 0. The molecule has 0 fully saturated rings. The van der Waals surface area contributed by atoms with Crippen LogP contribution in [0.5, 0.6) is 0 Å². The minimum Gasteiger partial charge on any atom is -0.309 e. The summed E-state index contributed by atoms with van der Waals surface area (Å²) in [6, 6.07) is 7.99. The molecule has 4 heterocycles. The lowest BCUT2D eigenvalue weighted by Crippen LogP contribution is -2.24. The zero-order chi connectivity index (χ0) is 17.2. The number of rotatable bonds is 2. The lowest BCUT2D eigenvalue weighted by molar-refractivity contribution is -0.123. The number of likely N-dealkylation sites (N-methyl/N-ethyl adjacent to an activating group) is 2. The standard InChI is InChI=1S/C18H16N2O2S2/c1-9-5-7-11(23-9)15-13-14(18(22)19(15)3)16(20(4)17(13)21)12-8-6-10(2)24-12/h5-8H,1-4H3. The van der Waals surface area contributed by atoms with E-state index in [4.69, 9.17) is 0 Å². The molecule has 0 radical (unpaired) electrons. The van der Waals surface area contributed by atoms with Crippen molar-refractivity contribution >= 4 is 45.9 Å². The Morgan fingerprint density at radius 1 is 0.708 bits per heavy atom. The summed E-state index contributed by atoms with van der Waals surface area (Å²) >= 11 is 3.20. The first-order valence-electron chi connectivity index (χ1n) is 7.58. The van der Waals surface area contributed by atoms with Gasteiger partial charge in [-0.1, -0.05) is 0 Å². The summed E-state index contributed by atoms with van der Waals surface area (Å²) in [5.41, 5.74) is 2.53. The van der Waals surface area contributed by atoms with Gasteiger partial charge in [-0.2, -0.15) is 0 Å². The minimum atomic E-state index is -0.107. The number of amides is 2. The van der Waals surface area contributed by atoms with E-state index in [1.54, 1.807) is 46.6 Å². The molecule has 0 unspecified atom stereocenters. The van der Waals surface area contributed by atoms with Gasteiger partial charge in [0.2, 0.25) is 0 Å². The summed E-state index contributed by atoms with van der Waals surface area (Å²) in [6.45, 7) is 4.05. The highest BCUT2D eigenvalue weighted by Gasteiger charge is 2.47. The maximum Gasteiger partial charge on any atom is 0.261 e. The normalized spacial score (nSPS) is 17.7. The van der Waals surface area contributed by atoms with E-state index < -0.39 is 0 Å². The Morgan fingerprint density at radius 2 is 1.08 bits per heavy atom. The third kappa shape index (κ3) is 1.96. The third-order valence-electron chi connectivity index (χ3n) is 4.38. The van der Waals surface area contributed by atoms with Gasteiger partial charge in [0.15, 0.2) is 0 Å². The summed E-state index contributed by atoms with van der Waals surface area (Å²) in [7, 11) is 3.49. The maximum atomic E-state index is 12.9. The van der Waals surface area contributed by atoms with Gasteiger partial charge >= 0.3 is 0 Å². The molecular weight excluding hydrogens is 340 g/mol. The van der Waals surface area contributed by atoms with Crippen LogP contribution in [0.2, 0.25) is 0 Å². The Morgan fingerprint density at radius 3 is 1.38 bits per heavy atom. The first-order chi connectivity index (χ1) is 11.4. The van der Waals surface area contributed by atoms with Crippen LogP contribution < -0.4 is 0 Å². The van der Waals surface area contributed by atoms with Gasteiger partial charge in [0.05, 0.1) is 32.3 Å². The van der Waals surface area contributed by atoms with E-state index >= 15 is 0 Å². The van der Waals surface area contributed by atoms with E-state index in [2.05, 4.69) is 0 Å². The maximum absolute atomic E-state index is 12.9. The fourth-order valence-corrected chi connectivity index (χ4v) is 5.14. The van der Waals surface area contributed by atoms with Gasteiger partial charge in [0, 0.05) is 23.8 Å². The fourth-order valence-electron chi connectivity index (χ4n) is 3.23. The molecule has 0 spiro atoms. The summed E-state index contributed by atoms with van der Waals surface area (Å²) in [5.74, 6) is -0.213. The number of hydrogen-bond acceptors (Lipinski definition) is 4. The lowest BCUT2D eigenvalue weighted by Gasteiger charge is -2.18. The van der Waals surface area contributed by atoms with E-state index in [0.29, 0.717) is 11.1 Å². The summed E-state index contributed by atoms with van der Waals surface area (Å²) in [4.78, 5) is 33.3. The number of thiophene rings is 2. The van der Waals surface area contributed by atoms with Crippen molar-refractivity contribution in [2.24, 2.45) is 0 Å². The second kappa shape index (κ2) is 5.16. The molecule has 0 saturated carbocycles. The molecule has 2 aromatic heterocycles. The molecule has 122 valence electrons. The van der Waals surface area contributed by atoms with Crippen molar-refractivity contribution in [3.05, 3.63) is 54.9 Å². The second-order valence-corrected chi connectivity index (χ2v) is 8.57. The number of carbonyl (C=O) groups is 2. The Labute approximate surface area is 148 Å². The number of hydrogen-bond donors (Lipinski definition) is 0. The molecule has 4 rings (SSSR count). The second-order valence-electron chi connectivity index (χ2n) is 6.00. The average Bonchev–Trinajstić information content (AvgIpc) is 3.25. The van der Waals surface area contributed by atoms with E-state index in [1.165, 1.54) is 0 Å². The number of nitrogens with zero attached hydrogens (tertiary/aromatic N) is 2. The van der Waals surface area contributed by atoms with Gasteiger partial charge in [-0.25, -0.2) is 0 Å². The lowest BCUT2D eigenvalue weighted by atomic mass is 10.1. The summed E-state index contributed by atoms with van der Waals surface area (Å²) in [5, 5.41) is 0. The highest BCUT2D eigenvalue weighted by molar-refractivity contribution is 7.13. The molecular formula is C18H16N2O2S2. The third-order valence-corrected chi connectivity index (χ3v) is 6.39. The first kappa shape index (κ1) is 15.4. The molecule has 0 N–H and O–H groups in total. The Balaban J connectivity index is 2.00. The number of aryl methyl sites for hydroxylation is 2. The molecule has 0 aromatic carbocycles. The van der Waals surface area contributed by atoms with Crippen molar-refractivity contribution in [2.45, 2.75) is 13.8 Å². The van der Waals surface area contributed by atoms with Crippen molar-refractivity contribution < 1.29 is 9.59 Å². The highest BCUT2D eigenvalue weighted by atomic mass is 32.1. The van der Waals surface area contributed by atoms with Gasteiger partial charge in [0.25, 0.3) is 11.8 Å². The van der Waals surface area contributed by atoms with Crippen LogP contribution in [0.4, 0.5) is 0 Å². The average molecular weight is 356 g/mol. The number of carbonyl (C=O) groups excluding carboxylic acids is 2. The van der Waals surface area contributed by atoms with Crippen molar-refractivity contribution in [1.29, 1.82) is 0 Å². The first-order valence-corrected chi connectivity index (χ1v) is 9.22. The SMILES string of the molecule is Cc1ccc(C2=C3C(=O)N(C)C(c4ccc(C)s4)=C3C(=O)N2C)s1. The molecule has 0 atom stereocenters. The van der Waals surface area contributed by atoms with Gasteiger partial charge in [0.1, 0.15) is 0 Å². The topological polar surface area (TPSA) is 40.6 Å². The predicted molar refractivity (Wildman–Crippen MR) is 97.5 cm³/mol. The Kier molecular flexibility index (Phi) is 3.30. The van der Waals surface area contributed by atoms with Crippen LogP contribution in [0.1, 0.15) is 19.5 Å². The molecule has 2 aromatic rings. The minimum absolute atomic E-state index is 0.107. The van der Waals surface area contributed by atoms with E-state index in [1.807, 2.05) is 38.1 Å². The van der Waals surface area contributed by atoms with Crippen LogP contribution in [0, 0.1) is 13.8 Å². The van der Waals surface area contributed by atoms with E-state index in [-0.39, 0.29) is 11.8 Å². The molecule has 4 nitrogen and oxygen atoms in total. The summed E-state index contributed by atoms with van der Waals surface area (Å²) in [6.07, 6.45) is 0. The van der Waals surface area contributed by atoms with E-state index in [9.17, 15) is 9.59 Å². The van der Waals surface area contributed by atoms with Crippen molar-refractivity contribution in [3.63, 3.8) is 0 Å². The molecule has 2 aliphatic rings. The van der Waals surface area contributed by atoms with Crippen LogP contribution in [-0.2, 0) is 9.59 Å². The quantitative estimate of drug-likeness (QED) is 0.826. The van der Waals surface area contributed by atoms with Crippen LogP contribution in [0.3, 0.4) is 0 Å². The van der Waals surface area contributed by atoms with Crippen molar-refractivity contribution in [3.8, 4) is 0 Å². The zero-order valence-corrected chi connectivity index (χ0v) is 15.5. The molecule has 2 amide bonds. The molecule has 2 aliphatic heterocycles. The molecule has 0 bridgehead atoms. The molecule has 0 saturated heterocycles. The van der Waals surface area contributed by atoms with Crippen LogP contribution in [-0.4, -0.2) is 35.7 Å². The smallest absolute Gasteiger partial charge is 0.261 e. The number of fused-ring (bicyclic) bond motifs is 1. The van der Waals surface area contributed by atoms with Gasteiger partial charge < -0.3 is 9.80 Å². The van der Waals surface area contributed by atoms with Crippen molar-refractivity contribution in [2.75, 3.05) is 14.1 Å². The van der Waals surface area contributed by atoms with Crippen LogP contribution >= 0.6 is 22.7 Å². The van der Waals surface area contributed by atoms with Gasteiger partial charge in [-0.3, -0.25) is 9.59 Å². The Hall–Kier alpha value is -2.18. The Bertz CT molecular complexity index is 883.